The van der Waals surface area contributed by atoms with E-state index in [-0.39, 0.29) is 5.56 Å². The fraction of sp³-hybridized carbons (Fsp3) is 0.200. The van der Waals surface area contributed by atoms with Crippen LogP contribution in [-0.2, 0) is 12.8 Å². The van der Waals surface area contributed by atoms with Crippen molar-refractivity contribution in [2.75, 3.05) is 5.75 Å². The first-order valence-corrected chi connectivity index (χ1v) is 11.0. The number of fused-ring (bicyclic) bond motifs is 1. The Kier molecular flexibility index (Phi) is 6.11. The Balaban J connectivity index is 1.64. The van der Waals surface area contributed by atoms with E-state index in [4.69, 9.17) is 4.98 Å². The third kappa shape index (κ3) is 4.43. The third-order valence-corrected chi connectivity index (χ3v) is 6.06. The molecule has 0 saturated heterocycles. The molecule has 1 heterocycles. The van der Waals surface area contributed by atoms with Gasteiger partial charge in [-0.15, -0.1) is 0 Å². The second kappa shape index (κ2) is 9.10. The highest BCUT2D eigenvalue weighted by molar-refractivity contribution is 7.99. The maximum absolute atomic E-state index is 13.3. The van der Waals surface area contributed by atoms with Crippen molar-refractivity contribution < 1.29 is 0 Å². The maximum atomic E-state index is 13.3. The molecule has 0 saturated carbocycles. The summed E-state index contributed by atoms with van der Waals surface area (Å²) in [5, 5.41) is 1.41. The van der Waals surface area contributed by atoms with Crippen LogP contribution in [0.1, 0.15) is 24.5 Å². The summed E-state index contributed by atoms with van der Waals surface area (Å²) in [6, 6.07) is 26.3. The molecule has 0 unspecified atom stereocenters. The van der Waals surface area contributed by atoms with Gasteiger partial charge in [-0.3, -0.25) is 9.36 Å². The van der Waals surface area contributed by atoms with E-state index in [1.165, 1.54) is 11.1 Å². The number of hydrogen-bond acceptors (Lipinski definition) is 3. The summed E-state index contributed by atoms with van der Waals surface area (Å²) in [4.78, 5) is 18.1. The van der Waals surface area contributed by atoms with Crippen molar-refractivity contribution >= 4 is 22.7 Å². The van der Waals surface area contributed by atoms with Crippen LogP contribution in [0.2, 0.25) is 0 Å². The molecule has 0 aliphatic rings. The normalized spacial score (nSPS) is 11.1. The van der Waals surface area contributed by atoms with Crippen molar-refractivity contribution in [2.45, 2.75) is 31.3 Å². The van der Waals surface area contributed by atoms with E-state index in [1.807, 2.05) is 42.5 Å². The molecule has 0 aliphatic heterocycles. The van der Waals surface area contributed by atoms with Gasteiger partial charge in [0.25, 0.3) is 5.56 Å². The Hall–Kier alpha value is -2.85. The van der Waals surface area contributed by atoms with Crippen molar-refractivity contribution in [3.05, 3.63) is 100 Å². The number of aromatic nitrogens is 2. The fourth-order valence-corrected chi connectivity index (χ4v) is 4.35. The SMILES string of the molecule is CCc1ccc(-n2c(SCCCc3ccccc3)nc3ccccc3c2=O)cc1. The minimum atomic E-state index is -0.00888. The van der Waals surface area contributed by atoms with Crippen LogP contribution in [0.4, 0.5) is 0 Å². The Morgan fingerprint density at radius 3 is 2.34 bits per heavy atom. The minimum absolute atomic E-state index is 0.00888. The quantitative estimate of drug-likeness (QED) is 0.228. The van der Waals surface area contributed by atoms with Gasteiger partial charge in [0.1, 0.15) is 0 Å². The zero-order valence-electron chi connectivity index (χ0n) is 16.5. The number of aryl methyl sites for hydroxylation is 2. The first-order valence-electron chi connectivity index (χ1n) is 10.0. The topological polar surface area (TPSA) is 34.9 Å². The lowest BCUT2D eigenvalue weighted by Crippen LogP contribution is -2.21. The summed E-state index contributed by atoms with van der Waals surface area (Å²) in [5.41, 5.74) is 4.21. The molecule has 146 valence electrons. The second-order valence-corrected chi connectivity index (χ2v) is 8.07. The molecule has 0 amide bonds. The molecule has 0 atom stereocenters. The Morgan fingerprint density at radius 1 is 0.862 bits per heavy atom. The molecule has 4 aromatic rings. The number of nitrogens with zero attached hydrogens (tertiary/aromatic N) is 2. The first kappa shape index (κ1) is 19.5. The molecule has 4 rings (SSSR count). The van der Waals surface area contributed by atoms with E-state index >= 15 is 0 Å². The van der Waals surface area contributed by atoms with E-state index in [1.54, 1.807) is 16.3 Å². The number of hydrogen-bond donors (Lipinski definition) is 0. The van der Waals surface area contributed by atoms with Crippen LogP contribution in [-0.4, -0.2) is 15.3 Å². The van der Waals surface area contributed by atoms with E-state index in [9.17, 15) is 4.79 Å². The van der Waals surface area contributed by atoms with Crippen LogP contribution in [0.25, 0.3) is 16.6 Å². The van der Waals surface area contributed by atoms with Gasteiger partial charge in [0, 0.05) is 5.75 Å². The van der Waals surface area contributed by atoms with Crippen LogP contribution >= 0.6 is 11.8 Å². The molecular formula is C25H24N2OS. The predicted molar refractivity (Wildman–Crippen MR) is 122 cm³/mol. The standard InChI is InChI=1S/C25H24N2OS/c1-2-19-14-16-21(17-15-19)27-24(28)22-12-6-7-13-23(22)26-25(27)29-18-8-11-20-9-4-3-5-10-20/h3-7,9-10,12-17H,2,8,11,18H2,1H3. The molecule has 0 radical (unpaired) electrons. The Morgan fingerprint density at radius 2 is 1.59 bits per heavy atom. The van der Waals surface area contributed by atoms with Crippen LogP contribution in [0.5, 0.6) is 0 Å². The molecule has 0 bridgehead atoms. The predicted octanol–water partition coefficient (Wildman–Crippen LogP) is 5.67. The first-order chi connectivity index (χ1) is 14.3. The lowest BCUT2D eigenvalue weighted by atomic mass is 10.1. The van der Waals surface area contributed by atoms with Gasteiger partial charge in [-0.05, 0) is 54.7 Å². The van der Waals surface area contributed by atoms with Crippen LogP contribution < -0.4 is 5.56 Å². The molecular weight excluding hydrogens is 376 g/mol. The smallest absolute Gasteiger partial charge is 0.266 e. The van der Waals surface area contributed by atoms with Gasteiger partial charge in [-0.1, -0.05) is 73.3 Å². The minimum Gasteiger partial charge on any atom is -0.268 e. The van der Waals surface area contributed by atoms with Crippen molar-refractivity contribution in [3.8, 4) is 5.69 Å². The van der Waals surface area contributed by atoms with Gasteiger partial charge in [0.05, 0.1) is 16.6 Å². The van der Waals surface area contributed by atoms with E-state index in [0.29, 0.717) is 5.39 Å². The number of benzene rings is 3. The van der Waals surface area contributed by atoms with Crippen molar-refractivity contribution in [1.29, 1.82) is 0 Å². The highest BCUT2D eigenvalue weighted by Gasteiger charge is 2.13. The molecule has 29 heavy (non-hydrogen) atoms. The van der Waals surface area contributed by atoms with E-state index < -0.39 is 0 Å². The monoisotopic (exact) mass is 400 g/mol. The summed E-state index contributed by atoms with van der Waals surface area (Å²) < 4.78 is 1.76. The zero-order valence-corrected chi connectivity index (χ0v) is 17.4. The lowest BCUT2D eigenvalue weighted by molar-refractivity contribution is 0.815. The molecule has 3 aromatic carbocycles. The summed E-state index contributed by atoms with van der Waals surface area (Å²) in [5.74, 6) is 0.909. The van der Waals surface area contributed by atoms with E-state index in [0.717, 1.165) is 41.4 Å². The molecule has 4 heteroatoms. The summed E-state index contributed by atoms with van der Waals surface area (Å²) in [6.45, 7) is 2.13. The summed E-state index contributed by atoms with van der Waals surface area (Å²) in [6.07, 6.45) is 3.04. The average Bonchev–Trinajstić information content (AvgIpc) is 2.78. The molecule has 0 fully saturated rings. The largest absolute Gasteiger partial charge is 0.268 e. The van der Waals surface area contributed by atoms with Gasteiger partial charge < -0.3 is 0 Å². The Labute approximate surface area is 175 Å². The second-order valence-electron chi connectivity index (χ2n) is 7.01. The highest BCUT2D eigenvalue weighted by atomic mass is 32.2. The van der Waals surface area contributed by atoms with Crippen molar-refractivity contribution in [2.24, 2.45) is 0 Å². The Bertz CT molecular complexity index is 1150. The molecule has 1 aromatic heterocycles. The van der Waals surface area contributed by atoms with Crippen LogP contribution in [0, 0.1) is 0 Å². The molecule has 0 spiro atoms. The van der Waals surface area contributed by atoms with Crippen LogP contribution in [0.3, 0.4) is 0 Å². The number of para-hydroxylation sites is 1. The van der Waals surface area contributed by atoms with Gasteiger partial charge in [0.15, 0.2) is 5.16 Å². The average molecular weight is 401 g/mol. The van der Waals surface area contributed by atoms with Crippen molar-refractivity contribution in [1.82, 2.24) is 9.55 Å². The van der Waals surface area contributed by atoms with Gasteiger partial charge in [-0.25, -0.2) is 4.98 Å². The van der Waals surface area contributed by atoms with Gasteiger partial charge >= 0.3 is 0 Å². The van der Waals surface area contributed by atoms with Crippen molar-refractivity contribution in [3.63, 3.8) is 0 Å². The molecule has 3 nitrogen and oxygen atoms in total. The van der Waals surface area contributed by atoms with Gasteiger partial charge in [-0.2, -0.15) is 0 Å². The molecule has 0 aliphatic carbocycles. The summed E-state index contributed by atoms with van der Waals surface area (Å²) in [7, 11) is 0. The third-order valence-electron chi connectivity index (χ3n) is 5.03. The lowest BCUT2D eigenvalue weighted by Gasteiger charge is -2.13. The number of thioether (sulfide) groups is 1. The van der Waals surface area contributed by atoms with E-state index in [2.05, 4.69) is 43.3 Å². The summed E-state index contributed by atoms with van der Waals surface area (Å²) >= 11 is 1.65. The maximum Gasteiger partial charge on any atom is 0.266 e. The zero-order chi connectivity index (χ0) is 20.1. The number of rotatable bonds is 7. The molecule has 0 N–H and O–H groups in total. The van der Waals surface area contributed by atoms with Gasteiger partial charge in [0.2, 0.25) is 0 Å². The highest BCUT2D eigenvalue weighted by Crippen LogP contribution is 2.23. The fourth-order valence-electron chi connectivity index (χ4n) is 3.40. The van der Waals surface area contributed by atoms with Crippen LogP contribution in [0.15, 0.2) is 88.8 Å².